The number of carbonyl (C=O) groups is 1. The fraction of sp³-hybridized carbons (Fsp3) is 0.609. The lowest BCUT2D eigenvalue weighted by molar-refractivity contribution is 0.0345. The number of urea groups is 1. The molecule has 30 heavy (non-hydrogen) atoms. The van der Waals surface area contributed by atoms with E-state index in [0.717, 1.165) is 39.4 Å². The maximum Gasteiger partial charge on any atom is 0.322 e. The highest BCUT2D eigenvalue weighted by Crippen LogP contribution is 2.43. The van der Waals surface area contributed by atoms with Gasteiger partial charge in [-0.3, -0.25) is 4.90 Å². The van der Waals surface area contributed by atoms with Crippen molar-refractivity contribution in [3.8, 4) is 11.5 Å². The molecule has 1 aromatic rings. The third-order valence-corrected chi connectivity index (χ3v) is 6.60. The van der Waals surface area contributed by atoms with Gasteiger partial charge in [-0.1, -0.05) is 12.2 Å². The number of rotatable bonds is 8. The number of nitrogens with zero attached hydrogens (tertiary/aromatic N) is 2. The van der Waals surface area contributed by atoms with Crippen LogP contribution in [-0.4, -0.2) is 76.0 Å². The number of amides is 2. The Hall–Kier alpha value is -2.25. The number of fused-ring (bicyclic) bond motifs is 2. The monoisotopic (exact) mass is 415 g/mol. The molecule has 164 valence electrons. The number of hydrogen-bond acceptors (Lipinski definition) is 5. The first kappa shape index (κ1) is 21.0. The van der Waals surface area contributed by atoms with Crippen LogP contribution in [0.4, 0.5) is 10.5 Å². The first-order valence-corrected chi connectivity index (χ1v) is 10.9. The summed E-state index contributed by atoms with van der Waals surface area (Å²) in [4.78, 5) is 17.6. The van der Waals surface area contributed by atoms with E-state index in [1.54, 1.807) is 20.3 Å². The number of morpholine rings is 1. The van der Waals surface area contributed by atoms with Crippen molar-refractivity contribution in [3.05, 3.63) is 30.4 Å². The van der Waals surface area contributed by atoms with E-state index in [-0.39, 0.29) is 6.03 Å². The molecule has 2 fully saturated rings. The standard InChI is InChI=1S/C23H33N3O4/c1-28-20-5-6-21(22(15-20)29-2)24-23(27)26(8-7-25-9-11-30-12-10-25)16-19-14-17-3-4-18(19)13-17/h3-6,15,17-19H,7-14,16H2,1-2H3,(H,24,27). The summed E-state index contributed by atoms with van der Waals surface area (Å²) in [6.07, 6.45) is 7.13. The maximum atomic E-state index is 13.3. The van der Waals surface area contributed by atoms with Crippen LogP contribution in [0.2, 0.25) is 0 Å². The second-order valence-corrected chi connectivity index (χ2v) is 8.44. The number of carbonyl (C=O) groups excluding carboxylic acids is 1. The third-order valence-electron chi connectivity index (χ3n) is 6.60. The van der Waals surface area contributed by atoms with Crippen molar-refractivity contribution >= 4 is 11.7 Å². The van der Waals surface area contributed by atoms with Crippen LogP contribution in [0.3, 0.4) is 0 Å². The van der Waals surface area contributed by atoms with E-state index >= 15 is 0 Å². The maximum absolute atomic E-state index is 13.3. The molecule has 0 radical (unpaired) electrons. The van der Waals surface area contributed by atoms with Gasteiger partial charge in [-0.2, -0.15) is 0 Å². The third kappa shape index (κ3) is 4.90. The lowest BCUT2D eigenvalue weighted by atomic mass is 9.93. The van der Waals surface area contributed by atoms with Gasteiger partial charge < -0.3 is 24.4 Å². The lowest BCUT2D eigenvalue weighted by Crippen LogP contribution is -2.46. The Morgan fingerprint density at radius 3 is 2.70 bits per heavy atom. The van der Waals surface area contributed by atoms with Crippen LogP contribution in [0.1, 0.15) is 12.8 Å². The van der Waals surface area contributed by atoms with Gasteiger partial charge in [-0.05, 0) is 42.7 Å². The molecular weight excluding hydrogens is 382 g/mol. The number of anilines is 1. The van der Waals surface area contributed by atoms with Crippen LogP contribution in [0.15, 0.2) is 30.4 Å². The molecule has 2 amide bonds. The highest BCUT2D eigenvalue weighted by Gasteiger charge is 2.37. The van der Waals surface area contributed by atoms with Crippen molar-refractivity contribution in [2.24, 2.45) is 17.8 Å². The minimum absolute atomic E-state index is 0.0709. The second kappa shape index (κ2) is 9.71. The Balaban J connectivity index is 1.43. The van der Waals surface area contributed by atoms with E-state index in [2.05, 4.69) is 22.4 Å². The number of allylic oxidation sites excluding steroid dienone is 2. The van der Waals surface area contributed by atoms with Gasteiger partial charge in [0.1, 0.15) is 11.5 Å². The first-order valence-electron chi connectivity index (χ1n) is 10.9. The largest absolute Gasteiger partial charge is 0.497 e. The van der Waals surface area contributed by atoms with Gasteiger partial charge in [0.25, 0.3) is 0 Å². The fourth-order valence-electron chi connectivity index (χ4n) is 4.85. The van der Waals surface area contributed by atoms with Crippen molar-refractivity contribution < 1.29 is 19.0 Å². The molecule has 2 aliphatic carbocycles. The Morgan fingerprint density at radius 1 is 1.20 bits per heavy atom. The number of ether oxygens (including phenoxy) is 3. The van der Waals surface area contributed by atoms with Crippen molar-refractivity contribution in [3.63, 3.8) is 0 Å². The van der Waals surface area contributed by atoms with Crippen LogP contribution in [0.25, 0.3) is 0 Å². The van der Waals surface area contributed by atoms with Gasteiger partial charge in [0.05, 0.1) is 33.1 Å². The van der Waals surface area contributed by atoms with E-state index in [4.69, 9.17) is 14.2 Å². The van der Waals surface area contributed by atoms with Gasteiger partial charge in [-0.15, -0.1) is 0 Å². The van der Waals surface area contributed by atoms with Crippen molar-refractivity contribution in [2.45, 2.75) is 12.8 Å². The number of hydrogen-bond donors (Lipinski definition) is 1. The minimum Gasteiger partial charge on any atom is -0.497 e. The molecule has 1 saturated carbocycles. The van der Waals surface area contributed by atoms with Gasteiger partial charge in [0.15, 0.2) is 0 Å². The molecule has 7 heteroatoms. The van der Waals surface area contributed by atoms with Crippen LogP contribution >= 0.6 is 0 Å². The molecule has 1 aliphatic heterocycles. The Kier molecular flexibility index (Phi) is 6.79. The Bertz CT molecular complexity index is 763. The lowest BCUT2D eigenvalue weighted by Gasteiger charge is -2.32. The van der Waals surface area contributed by atoms with Crippen LogP contribution in [-0.2, 0) is 4.74 Å². The predicted molar refractivity (Wildman–Crippen MR) is 116 cm³/mol. The molecule has 1 aromatic carbocycles. The van der Waals surface area contributed by atoms with E-state index in [9.17, 15) is 4.79 Å². The molecule has 3 aliphatic rings. The van der Waals surface area contributed by atoms with E-state index in [0.29, 0.717) is 41.5 Å². The molecule has 3 atom stereocenters. The Morgan fingerprint density at radius 2 is 2.03 bits per heavy atom. The van der Waals surface area contributed by atoms with Crippen LogP contribution in [0, 0.1) is 17.8 Å². The molecule has 1 heterocycles. The summed E-state index contributed by atoms with van der Waals surface area (Å²) in [5, 5.41) is 3.06. The zero-order valence-corrected chi connectivity index (χ0v) is 18.0. The zero-order valence-electron chi connectivity index (χ0n) is 18.0. The normalized spacial score (nSPS) is 25.3. The Labute approximate surface area is 179 Å². The summed E-state index contributed by atoms with van der Waals surface area (Å²) in [6, 6.07) is 5.37. The molecule has 0 spiro atoms. The number of nitrogens with one attached hydrogen (secondary N) is 1. The molecule has 7 nitrogen and oxygen atoms in total. The SMILES string of the molecule is COc1ccc(NC(=O)N(CCN2CCOCC2)CC2CC3C=CC2C3)c(OC)c1. The zero-order chi connectivity index (χ0) is 20.9. The van der Waals surface area contributed by atoms with Crippen LogP contribution in [0.5, 0.6) is 11.5 Å². The van der Waals surface area contributed by atoms with Gasteiger partial charge in [0.2, 0.25) is 0 Å². The van der Waals surface area contributed by atoms with Gasteiger partial charge in [0, 0.05) is 38.8 Å². The summed E-state index contributed by atoms with van der Waals surface area (Å²) < 4.78 is 16.2. The first-order chi connectivity index (χ1) is 14.7. The summed E-state index contributed by atoms with van der Waals surface area (Å²) in [6.45, 7) is 5.77. The molecule has 4 rings (SSSR count). The average molecular weight is 416 g/mol. The predicted octanol–water partition coefficient (Wildman–Crippen LogP) is 3.08. The van der Waals surface area contributed by atoms with E-state index in [1.807, 2.05) is 17.0 Å². The number of benzene rings is 1. The number of methoxy groups -OCH3 is 2. The van der Waals surface area contributed by atoms with Crippen molar-refractivity contribution in [1.29, 1.82) is 0 Å². The second-order valence-electron chi connectivity index (χ2n) is 8.44. The van der Waals surface area contributed by atoms with Crippen molar-refractivity contribution in [1.82, 2.24) is 9.80 Å². The molecule has 1 N–H and O–H groups in total. The van der Waals surface area contributed by atoms with Gasteiger partial charge >= 0.3 is 6.03 Å². The molecule has 0 aromatic heterocycles. The topological polar surface area (TPSA) is 63.3 Å². The minimum atomic E-state index is -0.0709. The summed E-state index contributed by atoms with van der Waals surface area (Å²) in [5.74, 6) is 3.16. The average Bonchev–Trinajstić information content (AvgIpc) is 3.41. The fourth-order valence-corrected chi connectivity index (χ4v) is 4.85. The van der Waals surface area contributed by atoms with Crippen molar-refractivity contribution in [2.75, 3.05) is 65.5 Å². The molecular formula is C23H33N3O4. The highest BCUT2D eigenvalue weighted by molar-refractivity contribution is 5.91. The van der Waals surface area contributed by atoms with E-state index in [1.165, 1.54) is 12.8 Å². The smallest absolute Gasteiger partial charge is 0.322 e. The van der Waals surface area contributed by atoms with E-state index < -0.39 is 0 Å². The van der Waals surface area contributed by atoms with Gasteiger partial charge in [-0.25, -0.2) is 4.79 Å². The van der Waals surface area contributed by atoms with Crippen LogP contribution < -0.4 is 14.8 Å². The molecule has 2 bridgehead atoms. The molecule has 3 unspecified atom stereocenters. The summed E-state index contributed by atoms with van der Waals surface area (Å²) >= 11 is 0. The summed E-state index contributed by atoms with van der Waals surface area (Å²) in [5.41, 5.74) is 0.660. The highest BCUT2D eigenvalue weighted by atomic mass is 16.5. The molecule has 1 saturated heterocycles. The quantitative estimate of drug-likeness (QED) is 0.661. The summed E-state index contributed by atoms with van der Waals surface area (Å²) in [7, 11) is 3.21.